The van der Waals surface area contributed by atoms with Crippen LogP contribution in [0.3, 0.4) is 0 Å². The van der Waals surface area contributed by atoms with Gasteiger partial charge in [-0.15, -0.1) is 0 Å². The van der Waals surface area contributed by atoms with Crippen LogP contribution < -0.4 is 5.73 Å². The number of phenolic OH excluding ortho intramolecular Hbond substituents is 1. The Labute approximate surface area is 89.6 Å². The summed E-state index contributed by atoms with van der Waals surface area (Å²) in [5, 5.41) is 17.7. The number of aromatic hydroxyl groups is 1. The molecule has 1 atom stereocenters. The molecule has 4 nitrogen and oxygen atoms in total. The summed E-state index contributed by atoms with van der Waals surface area (Å²) in [6, 6.07) is 1.16. The van der Waals surface area contributed by atoms with E-state index in [0.717, 1.165) is 18.2 Å². The maximum Gasteiger partial charge on any atom is 0.325 e. The van der Waals surface area contributed by atoms with E-state index in [-0.39, 0.29) is 17.6 Å². The van der Waals surface area contributed by atoms with E-state index < -0.39 is 23.4 Å². The van der Waals surface area contributed by atoms with Crippen molar-refractivity contribution in [1.82, 2.24) is 0 Å². The summed E-state index contributed by atoms with van der Waals surface area (Å²) in [4.78, 5) is 10.6. The van der Waals surface area contributed by atoms with Gasteiger partial charge < -0.3 is 15.9 Å². The van der Waals surface area contributed by atoms with E-state index in [4.69, 9.17) is 15.9 Å². The number of carbonyl (C=O) groups is 1. The van der Waals surface area contributed by atoms with Crippen LogP contribution in [0.25, 0.3) is 5.57 Å². The number of hydrogen-bond acceptors (Lipinski definition) is 3. The van der Waals surface area contributed by atoms with Gasteiger partial charge in [0.1, 0.15) is 17.6 Å². The molecule has 0 fully saturated rings. The van der Waals surface area contributed by atoms with Crippen molar-refractivity contribution in [3.8, 4) is 5.75 Å². The van der Waals surface area contributed by atoms with Gasteiger partial charge in [0, 0.05) is 11.1 Å². The average molecular weight is 229 g/mol. The van der Waals surface area contributed by atoms with E-state index in [0.29, 0.717) is 0 Å². The van der Waals surface area contributed by atoms with Crippen LogP contribution in [0.15, 0.2) is 24.5 Å². The predicted molar refractivity (Wildman–Crippen MR) is 52.8 cm³/mol. The molecule has 0 radical (unpaired) electrons. The number of nitrogens with two attached hydrogens (primary N) is 1. The Balaban J connectivity index is 3.24. The highest BCUT2D eigenvalue weighted by Crippen LogP contribution is 2.25. The van der Waals surface area contributed by atoms with Crippen LogP contribution in [-0.2, 0) is 4.79 Å². The summed E-state index contributed by atoms with van der Waals surface area (Å²) < 4.78 is 25.8. The maximum absolute atomic E-state index is 13.3. The van der Waals surface area contributed by atoms with Gasteiger partial charge in [0.2, 0.25) is 0 Å². The first-order chi connectivity index (χ1) is 7.47. The predicted octanol–water partition coefficient (Wildman–Crippen LogP) is 1.25. The van der Waals surface area contributed by atoms with Crippen LogP contribution in [0.4, 0.5) is 8.78 Å². The molecular weight excluding hydrogens is 220 g/mol. The topological polar surface area (TPSA) is 83.6 Å². The Morgan fingerprint density at radius 1 is 1.50 bits per heavy atom. The van der Waals surface area contributed by atoms with Crippen molar-refractivity contribution in [3.63, 3.8) is 0 Å². The average Bonchev–Trinajstić information content (AvgIpc) is 2.23. The van der Waals surface area contributed by atoms with E-state index in [1.165, 1.54) is 0 Å². The summed E-state index contributed by atoms with van der Waals surface area (Å²) in [5.74, 6) is -2.67. The van der Waals surface area contributed by atoms with Crippen LogP contribution in [0.1, 0.15) is 5.56 Å². The molecule has 1 aromatic rings. The van der Waals surface area contributed by atoms with Gasteiger partial charge in [0.15, 0.2) is 0 Å². The first-order valence-corrected chi connectivity index (χ1v) is 4.25. The number of aliphatic carboxylic acids is 1. The zero-order valence-corrected chi connectivity index (χ0v) is 8.02. The fourth-order valence-corrected chi connectivity index (χ4v) is 1.16. The van der Waals surface area contributed by atoms with Crippen molar-refractivity contribution in [2.24, 2.45) is 5.73 Å². The molecule has 1 unspecified atom stereocenters. The Kier molecular flexibility index (Phi) is 3.57. The van der Waals surface area contributed by atoms with Gasteiger partial charge in [-0.2, -0.15) is 0 Å². The quantitative estimate of drug-likeness (QED) is 0.728. The van der Waals surface area contributed by atoms with Crippen molar-refractivity contribution in [2.75, 3.05) is 0 Å². The van der Waals surface area contributed by atoms with Gasteiger partial charge in [0.05, 0.1) is 6.33 Å². The molecule has 0 saturated heterocycles. The summed E-state index contributed by atoms with van der Waals surface area (Å²) in [6.45, 7) is 0. The minimum Gasteiger partial charge on any atom is -0.508 e. The molecule has 0 saturated carbocycles. The van der Waals surface area contributed by atoms with Crippen molar-refractivity contribution < 1.29 is 23.8 Å². The van der Waals surface area contributed by atoms with E-state index in [9.17, 15) is 13.6 Å². The lowest BCUT2D eigenvalue weighted by atomic mass is 10.00. The van der Waals surface area contributed by atoms with Crippen LogP contribution in [0, 0.1) is 5.82 Å². The number of carboxylic acids is 1. The molecule has 0 bridgehead atoms. The van der Waals surface area contributed by atoms with E-state index in [1.807, 2.05) is 0 Å². The number of benzene rings is 1. The van der Waals surface area contributed by atoms with E-state index >= 15 is 0 Å². The summed E-state index contributed by atoms with van der Waals surface area (Å²) in [7, 11) is 0. The third-order valence-corrected chi connectivity index (χ3v) is 1.98. The van der Waals surface area contributed by atoms with Crippen molar-refractivity contribution >= 4 is 11.5 Å². The first kappa shape index (κ1) is 12.1. The van der Waals surface area contributed by atoms with Crippen LogP contribution in [0.2, 0.25) is 0 Å². The molecular formula is C10H9F2NO3. The molecule has 6 heteroatoms. The Hall–Kier alpha value is -1.95. The minimum absolute atomic E-state index is 0.0867. The highest BCUT2D eigenvalue weighted by atomic mass is 19.1. The Morgan fingerprint density at radius 2 is 2.12 bits per heavy atom. The lowest BCUT2D eigenvalue weighted by molar-refractivity contribution is -0.137. The molecule has 0 amide bonds. The summed E-state index contributed by atoms with van der Waals surface area (Å²) >= 11 is 0. The van der Waals surface area contributed by atoms with Gasteiger partial charge >= 0.3 is 5.97 Å². The van der Waals surface area contributed by atoms with E-state index in [2.05, 4.69) is 0 Å². The van der Waals surface area contributed by atoms with Gasteiger partial charge in [-0.25, -0.2) is 8.78 Å². The van der Waals surface area contributed by atoms with Crippen LogP contribution >= 0.6 is 0 Å². The van der Waals surface area contributed by atoms with Gasteiger partial charge in [0.25, 0.3) is 0 Å². The second kappa shape index (κ2) is 4.71. The zero-order valence-electron chi connectivity index (χ0n) is 8.02. The molecule has 4 N–H and O–H groups in total. The number of rotatable bonds is 3. The van der Waals surface area contributed by atoms with Crippen LogP contribution in [-0.4, -0.2) is 22.2 Å². The fourth-order valence-electron chi connectivity index (χ4n) is 1.16. The molecule has 0 aliphatic heterocycles. The number of carboxylic acid groups (broad SMARTS) is 1. The highest BCUT2D eigenvalue weighted by molar-refractivity contribution is 5.90. The highest BCUT2D eigenvalue weighted by Gasteiger charge is 2.22. The van der Waals surface area contributed by atoms with Gasteiger partial charge in [-0.3, -0.25) is 4.79 Å². The number of halogens is 2. The first-order valence-electron chi connectivity index (χ1n) is 4.25. The van der Waals surface area contributed by atoms with Gasteiger partial charge in [-0.1, -0.05) is 0 Å². The molecule has 0 spiro atoms. The van der Waals surface area contributed by atoms with Crippen molar-refractivity contribution in [2.45, 2.75) is 6.04 Å². The largest absolute Gasteiger partial charge is 0.508 e. The zero-order chi connectivity index (χ0) is 12.3. The maximum atomic E-state index is 13.3. The van der Waals surface area contributed by atoms with E-state index in [1.54, 1.807) is 0 Å². The van der Waals surface area contributed by atoms with Crippen LogP contribution in [0.5, 0.6) is 5.75 Å². The minimum atomic E-state index is -1.69. The summed E-state index contributed by atoms with van der Waals surface area (Å²) in [5.41, 5.74) is 4.25. The Bertz CT molecular complexity index is 446. The van der Waals surface area contributed by atoms with Crippen molar-refractivity contribution in [3.05, 3.63) is 35.9 Å². The lowest BCUT2D eigenvalue weighted by Crippen LogP contribution is -2.31. The SMILES string of the molecule is NC(C(=O)O)/C(=C\F)c1cc(O)ccc1F. The lowest BCUT2D eigenvalue weighted by Gasteiger charge is -2.11. The Morgan fingerprint density at radius 3 is 2.62 bits per heavy atom. The normalized spacial score (nSPS) is 13.6. The second-order valence-corrected chi connectivity index (χ2v) is 3.04. The standard InChI is InChI=1S/C10H9F2NO3/c11-4-7(9(13)10(15)16)6-3-5(14)1-2-8(6)12/h1-4,9,14H,13H2,(H,15,16)/b7-4-. The molecule has 1 aromatic carbocycles. The molecule has 1 rings (SSSR count). The monoisotopic (exact) mass is 229 g/mol. The third-order valence-electron chi connectivity index (χ3n) is 1.98. The fraction of sp³-hybridized carbons (Fsp3) is 0.100. The molecule has 16 heavy (non-hydrogen) atoms. The molecule has 86 valence electrons. The second-order valence-electron chi connectivity index (χ2n) is 3.04. The molecule has 0 aliphatic carbocycles. The van der Waals surface area contributed by atoms with Gasteiger partial charge in [-0.05, 0) is 18.2 Å². The smallest absolute Gasteiger partial charge is 0.325 e. The molecule has 0 aliphatic rings. The number of hydrogen-bond donors (Lipinski definition) is 3. The van der Waals surface area contributed by atoms with Crippen molar-refractivity contribution in [1.29, 1.82) is 0 Å². The summed E-state index contributed by atoms with van der Waals surface area (Å²) in [6.07, 6.45) is -0.0867. The third kappa shape index (κ3) is 2.34. The number of phenols is 1. The molecule has 0 heterocycles. The molecule has 0 aromatic heterocycles.